The van der Waals surface area contributed by atoms with Crippen LogP contribution < -0.4 is 0 Å². The summed E-state index contributed by atoms with van der Waals surface area (Å²) in [5, 5.41) is 0. The molecule has 0 spiro atoms. The Morgan fingerprint density at radius 3 is 0.849 bits per heavy atom. The van der Waals surface area contributed by atoms with Gasteiger partial charge in [-0.2, -0.15) is 13.2 Å². The van der Waals surface area contributed by atoms with E-state index in [4.69, 9.17) is 0 Å². The minimum absolute atomic E-state index is 0.00933. The van der Waals surface area contributed by atoms with Crippen molar-refractivity contribution >= 4 is 88.3 Å². The van der Waals surface area contributed by atoms with Crippen LogP contribution in [0.25, 0.3) is 88.3 Å². The van der Waals surface area contributed by atoms with Crippen LogP contribution in [0.2, 0.25) is 0 Å². The van der Waals surface area contributed by atoms with E-state index in [2.05, 4.69) is 310 Å². The number of H-pyrrole nitrogens is 8. The van der Waals surface area contributed by atoms with Crippen molar-refractivity contribution in [3.63, 3.8) is 0 Å². The van der Waals surface area contributed by atoms with E-state index in [1.807, 2.05) is 62.3 Å². The van der Waals surface area contributed by atoms with Crippen LogP contribution in [0.15, 0.2) is 121 Å². The summed E-state index contributed by atoms with van der Waals surface area (Å²) < 4.78 is 104. The van der Waals surface area contributed by atoms with E-state index in [1.54, 1.807) is 6.07 Å². The lowest BCUT2D eigenvalue weighted by molar-refractivity contribution is -0.136. The first-order valence-electron chi connectivity index (χ1n) is 39.9. The second kappa shape index (κ2) is 34.4. The van der Waals surface area contributed by atoms with E-state index in [0.29, 0.717) is 28.5 Å². The monoisotopic (exact) mass is 1630 g/mol. The van der Waals surface area contributed by atoms with Gasteiger partial charge in [-0.05, 0) is 148 Å². The van der Waals surface area contributed by atoms with Crippen LogP contribution >= 0.6 is 0 Å². The Morgan fingerprint density at radius 1 is 0.235 bits per heavy atom. The smallest absolute Gasteiger partial charge is 0.342 e. The summed E-state index contributed by atoms with van der Waals surface area (Å²) in [5.41, 5.74) is 18.5. The van der Waals surface area contributed by atoms with Crippen molar-refractivity contribution in [2.24, 2.45) is 0 Å². The second-order valence-electron chi connectivity index (χ2n) is 39.1. The molecule has 0 radical (unpaired) electrons. The molecule has 16 rings (SSSR count). The van der Waals surface area contributed by atoms with Crippen molar-refractivity contribution in [2.45, 2.75) is 257 Å². The van der Waals surface area contributed by atoms with E-state index < -0.39 is 40.8 Å². The topological polar surface area (TPSA) is 229 Å². The lowest BCUT2D eigenvalue weighted by Gasteiger charge is -2.13. The summed E-state index contributed by atoms with van der Waals surface area (Å²) in [6, 6.07) is 36.6. The lowest BCUT2D eigenvalue weighted by atomic mass is 9.96. The van der Waals surface area contributed by atoms with Crippen molar-refractivity contribution in [3.8, 4) is 0 Å². The van der Waals surface area contributed by atoms with Gasteiger partial charge < -0.3 is 39.9 Å². The Hall–Kier alpha value is -11.0. The Labute approximate surface area is 692 Å². The number of hydrogen-bond acceptors (Lipinski definition) is 8. The molecule has 8 heterocycles. The average Bonchev–Trinajstić information content (AvgIpc) is 1.64. The Bertz CT molecular complexity index is 5770. The van der Waals surface area contributed by atoms with Crippen molar-refractivity contribution in [3.05, 3.63) is 236 Å². The highest BCUT2D eigenvalue weighted by Crippen LogP contribution is 2.37. The number of nitrogens with one attached hydrogen (secondary N) is 8. The van der Waals surface area contributed by atoms with E-state index in [-0.39, 0.29) is 65.4 Å². The number of halogens is 8. The first-order chi connectivity index (χ1) is 54.6. The molecule has 0 aliphatic rings. The number of rotatable bonds is 0. The van der Waals surface area contributed by atoms with Gasteiger partial charge in [0, 0.05) is 55.5 Å². The average molecular weight is 1640 g/mol. The SMILES string of the molecule is CC(C)(C)c1nc2c(C(F)(F)F)cccc2[nH]1.CC(C)(C)c1nc2c(F)c(F)c(F)cc2[nH]1.CC(C)(C)c1nc2c(F)cc(F)cc2[nH]1.Cc1cc(C)c2nc(C(C)(C)C)[nH]c2c1.Cc1ccc2nc(C(C)(C)C)[nH]c2c1.Cc1ccc2nc(C(C)(C)C)[nH]c2c1.Cc1ccc2nc(C(C)(C)C)[nH]c2c1.Cc1ccc2nc(C(C)(C)C)[nH]c2c1. The zero-order chi connectivity index (χ0) is 88.7. The van der Waals surface area contributed by atoms with Crippen LogP contribution in [0.4, 0.5) is 35.1 Å². The van der Waals surface area contributed by atoms with Gasteiger partial charge in [-0.3, -0.25) is 0 Å². The molecule has 0 aliphatic carbocycles. The molecule has 8 aromatic heterocycles. The minimum atomic E-state index is -4.37. The molecule has 24 heteroatoms. The fraction of sp³-hybridized carbons (Fsp3) is 0.411. The van der Waals surface area contributed by atoms with Crippen molar-refractivity contribution in [2.75, 3.05) is 0 Å². The number of para-hydroxylation sites is 1. The fourth-order valence-electron chi connectivity index (χ4n) is 12.2. The van der Waals surface area contributed by atoms with Crippen molar-refractivity contribution in [1.29, 1.82) is 0 Å². The molecule has 16 aromatic rings. The highest BCUT2D eigenvalue weighted by atomic mass is 19.4. The van der Waals surface area contributed by atoms with E-state index in [1.165, 1.54) is 45.5 Å². The van der Waals surface area contributed by atoms with Crippen LogP contribution in [0, 0.1) is 70.6 Å². The Kier molecular flexibility index (Phi) is 26.5. The number of imidazole rings is 8. The first kappa shape index (κ1) is 91.9. The van der Waals surface area contributed by atoms with Gasteiger partial charge in [0.25, 0.3) is 0 Å². The molecule has 16 nitrogen and oxygen atoms in total. The number of alkyl halides is 3. The summed E-state index contributed by atoms with van der Waals surface area (Å²) in [5.74, 6) is 1.81. The van der Waals surface area contributed by atoms with E-state index in [9.17, 15) is 35.1 Å². The number of nitrogens with zero attached hydrogens (tertiary/aromatic N) is 8. The lowest BCUT2D eigenvalue weighted by Crippen LogP contribution is -2.13. The molecule has 0 fully saturated rings. The van der Waals surface area contributed by atoms with Crippen molar-refractivity contribution < 1.29 is 35.1 Å². The number of aromatic nitrogens is 16. The Balaban J connectivity index is 0.000000155. The molecule has 0 bridgehead atoms. The summed E-state index contributed by atoms with van der Waals surface area (Å²) in [6.45, 7) is 62.3. The zero-order valence-electron chi connectivity index (χ0n) is 74.6. The summed E-state index contributed by atoms with van der Waals surface area (Å²) in [4.78, 5) is 60.6. The van der Waals surface area contributed by atoms with E-state index >= 15 is 0 Å². The van der Waals surface area contributed by atoms with Gasteiger partial charge in [0.2, 0.25) is 0 Å². The molecule has 0 saturated heterocycles. The molecule has 119 heavy (non-hydrogen) atoms. The Morgan fingerprint density at radius 2 is 0.513 bits per heavy atom. The third-order valence-corrected chi connectivity index (χ3v) is 19.1. The fourth-order valence-corrected chi connectivity index (χ4v) is 12.2. The third-order valence-electron chi connectivity index (χ3n) is 19.1. The quantitative estimate of drug-likeness (QED) is 0.0537. The maximum Gasteiger partial charge on any atom is 0.418 e. The number of hydrogen-bond donors (Lipinski definition) is 8. The maximum absolute atomic E-state index is 13.4. The first-order valence-corrected chi connectivity index (χ1v) is 39.9. The largest absolute Gasteiger partial charge is 0.418 e. The van der Waals surface area contributed by atoms with Crippen LogP contribution in [-0.4, -0.2) is 79.7 Å². The molecule has 0 saturated carbocycles. The number of aromatic amines is 8. The van der Waals surface area contributed by atoms with Crippen LogP contribution in [0.5, 0.6) is 0 Å². The van der Waals surface area contributed by atoms with Crippen LogP contribution in [0.3, 0.4) is 0 Å². The number of fused-ring (bicyclic) bond motifs is 8. The predicted octanol–water partition coefficient (Wildman–Crippen LogP) is 26.4. The van der Waals surface area contributed by atoms with Gasteiger partial charge in [-0.25, -0.2) is 61.8 Å². The highest BCUT2D eigenvalue weighted by molar-refractivity contribution is 5.83. The summed E-state index contributed by atoms with van der Waals surface area (Å²) >= 11 is 0. The predicted molar refractivity (Wildman–Crippen MR) is 472 cm³/mol. The molecular weight excluding hydrogens is 1520 g/mol. The third kappa shape index (κ3) is 23.3. The zero-order valence-corrected chi connectivity index (χ0v) is 74.6. The number of benzene rings is 8. The van der Waals surface area contributed by atoms with Gasteiger partial charge in [-0.1, -0.05) is 203 Å². The molecule has 8 N–H and O–H groups in total. The van der Waals surface area contributed by atoms with Gasteiger partial charge >= 0.3 is 6.18 Å². The molecule has 0 unspecified atom stereocenters. The molecule has 8 aromatic carbocycles. The molecule has 0 aliphatic heterocycles. The summed E-state index contributed by atoms with van der Waals surface area (Å²) in [7, 11) is 0. The standard InChI is InChI=1S/C13H18N2.C12H13F3N2.4C12H16N2.C11H11F3N2.C11H12F2N2/c1-8-6-9(2)11-10(7-8)14-12(15-11)13(3,4)5;1-11(2,3)10-16-8-6-4-5-7(9(8)17-10)12(13,14)15;4*1-8-5-6-9-10(7-8)14-11(13-9)12(2,3)4;1-11(2,3)10-15-6-4-5(12)7(13)8(14)9(6)16-10;1-11(2,3)10-14-8-5-6(12)4-7(13)9(8)15-10/h6-7H,1-5H3,(H,14,15);4-6H,1-3H3,(H,16,17);4*5-7H,1-4H3,(H,13,14);4H,1-3H3,(H,15,16);4-5H,1-3H3,(H,14,15). The molecular formula is C95H118F8N16. The maximum atomic E-state index is 13.4. The normalized spacial score (nSPS) is 12.5. The van der Waals surface area contributed by atoms with Crippen LogP contribution in [0.1, 0.15) is 252 Å². The van der Waals surface area contributed by atoms with Gasteiger partial charge in [0.05, 0.1) is 77.3 Å². The van der Waals surface area contributed by atoms with Crippen LogP contribution in [-0.2, 0) is 49.5 Å². The van der Waals surface area contributed by atoms with Gasteiger partial charge in [-0.15, -0.1) is 0 Å². The molecule has 0 amide bonds. The molecule has 634 valence electrons. The van der Waals surface area contributed by atoms with E-state index in [0.717, 1.165) is 102 Å². The van der Waals surface area contributed by atoms with Gasteiger partial charge in [0.15, 0.2) is 23.3 Å². The molecule has 0 atom stereocenters. The number of aryl methyl sites for hydroxylation is 6. The van der Waals surface area contributed by atoms with Gasteiger partial charge in [0.1, 0.15) is 69.0 Å². The minimum Gasteiger partial charge on any atom is -0.342 e. The summed E-state index contributed by atoms with van der Waals surface area (Å²) in [6.07, 6.45) is -4.37. The second-order valence-corrected chi connectivity index (χ2v) is 39.1. The van der Waals surface area contributed by atoms with Crippen molar-refractivity contribution in [1.82, 2.24) is 79.7 Å². The highest BCUT2D eigenvalue weighted by Gasteiger charge is 2.35.